The van der Waals surface area contributed by atoms with Crippen molar-refractivity contribution in [1.82, 2.24) is 9.97 Å². The maximum Gasteiger partial charge on any atom is 0.257 e. The van der Waals surface area contributed by atoms with Crippen molar-refractivity contribution in [3.05, 3.63) is 45.7 Å². The number of nitrogens with one attached hydrogen (secondary N) is 2. The van der Waals surface area contributed by atoms with Gasteiger partial charge in [0, 0.05) is 18.1 Å². The first-order valence-corrected chi connectivity index (χ1v) is 8.43. The Bertz CT molecular complexity index is 786. The number of thioether (sulfide) groups is 1. The molecule has 1 aromatic heterocycles. The Morgan fingerprint density at radius 2 is 2.04 bits per heavy atom. The predicted molar refractivity (Wildman–Crippen MR) is 89.1 cm³/mol. The Kier molecular flexibility index (Phi) is 4.38. The van der Waals surface area contributed by atoms with Crippen molar-refractivity contribution in [2.45, 2.75) is 30.8 Å². The highest BCUT2D eigenvalue weighted by Crippen LogP contribution is 2.34. The van der Waals surface area contributed by atoms with Gasteiger partial charge in [0.05, 0.1) is 5.56 Å². The van der Waals surface area contributed by atoms with Gasteiger partial charge in [-0.3, -0.25) is 9.59 Å². The monoisotopic (exact) mass is 331 g/mol. The molecule has 2 aromatic rings. The Labute approximate surface area is 137 Å². The predicted octanol–water partition coefficient (Wildman–Crippen LogP) is 2.45. The second-order valence-electron chi connectivity index (χ2n) is 5.38. The number of fused-ring (bicyclic) bond motifs is 1. The molecule has 0 fully saturated rings. The quantitative estimate of drug-likeness (QED) is 0.591. The van der Waals surface area contributed by atoms with E-state index in [1.165, 1.54) is 11.8 Å². The number of benzene rings is 1. The van der Waals surface area contributed by atoms with Gasteiger partial charge in [-0.05, 0) is 24.1 Å². The van der Waals surface area contributed by atoms with Crippen LogP contribution < -0.4 is 10.9 Å². The lowest BCUT2D eigenvalue weighted by atomic mass is 9.87. The molecule has 0 radical (unpaired) electrons. The van der Waals surface area contributed by atoms with Crippen LogP contribution in [0, 0.1) is 0 Å². The zero-order chi connectivity index (χ0) is 16.4. The number of aromatic amines is 1. The number of nitrogens with zero attached hydrogens (tertiary/aromatic N) is 1. The van der Waals surface area contributed by atoms with Gasteiger partial charge in [0.2, 0.25) is 5.91 Å². The second-order valence-corrected chi connectivity index (χ2v) is 6.46. The minimum absolute atomic E-state index is 0.146. The summed E-state index contributed by atoms with van der Waals surface area (Å²) in [6.07, 6.45) is 1.15. The molecule has 0 saturated heterocycles. The zero-order valence-corrected chi connectivity index (χ0v) is 13.4. The van der Waals surface area contributed by atoms with Gasteiger partial charge in [0.15, 0.2) is 5.16 Å². The van der Waals surface area contributed by atoms with Gasteiger partial charge in [-0.2, -0.15) is 0 Å². The normalized spacial score (nSPS) is 16.7. The van der Waals surface area contributed by atoms with E-state index in [1.54, 1.807) is 24.3 Å². The van der Waals surface area contributed by atoms with Crippen LogP contribution in [0.15, 0.2) is 34.2 Å². The van der Waals surface area contributed by atoms with E-state index in [-0.39, 0.29) is 29.6 Å². The van der Waals surface area contributed by atoms with Gasteiger partial charge in [0.1, 0.15) is 11.6 Å². The van der Waals surface area contributed by atoms with Crippen molar-refractivity contribution < 1.29 is 9.90 Å². The molecule has 6 nitrogen and oxygen atoms in total. The molecule has 3 rings (SSSR count). The van der Waals surface area contributed by atoms with Gasteiger partial charge < -0.3 is 15.4 Å². The number of carbonyl (C=O) groups excluding carboxylic acids is 1. The average molecular weight is 331 g/mol. The number of amides is 1. The van der Waals surface area contributed by atoms with Crippen LogP contribution in [0.5, 0.6) is 5.75 Å². The van der Waals surface area contributed by atoms with E-state index in [4.69, 9.17) is 0 Å². The Balaban J connectivity index is 2.05. The maximum atomic E-state index is 12.5. The van der Waals surface area contributed by atoms with Crippen LogP contribution in [0.4, 0.5) is 5.82 Å². The molecule has 1 atom stereocenters. The van der Waals surface area contributed by atoms with E-state index in [9.17, 15) is 14.7 Å². The number of hydrogen-bond donors (Lipinski definition) is 3. The molecule has 1 aliphatic rings. The van der Waals surface area contributed by atoms with E-state index in [1.807, 2.05) is 6.92 Å². The van der Waals surface area contributed by atoms with Crippen LogP contribution in [-0.4, -0.2) is 26.7 Å². The van der Waals surface area contributed by atoms with E-state index in [2.05, 4.69) is 15.3 Å². The third kappa shape index (κ3) is 3.24. The molecule has 3 N–H and O–H groups in total. The van der Waals surface area contributed by atoms with Crippen molar-refractivity contribution >= 4 is 23.5 Å². The van der Waals surface area contributed by atoms with Gasteiger partial charge in [-0.15, -0.1) is 0 Å². The highest BCUT2D eigenvalue weighted by atomic mass is 32.2. The highest BCUT2D eigenvalue weighted by molar-refractivity contribution is 7.99. The lowest BCUT2D eigenvalue weighted by Gasteiger charge is -2.24. The highest BCUT2D eigenvalue weighted by Gasteiger charge is 2.30. The lowest BCUT2D eigenvalue weighted by Crippen LogP contribution is -2.31. The lowest BCUT2D eigenvalue weighted by molar-refractivity contribution is -0.116. The van der Waals surface area contributed by atoms with Crippen molar-refractivity contribution in [2.24, 2.45) is 0 Å². The first-order valence-electron chi connectivity index (χ1n) is 7.44. The van der Waals surface area contributed by atoms with Gasteiger partial charge in [-0.25, -0.2) is 4.98 Å². The van der Waals surface area contributed by atoms with Crippen LogP contribution in [0.1, 0.15) is 36.8 Å². The standard InChI is InChI=1S/C16H17N3O3S/c1-2-7-23-16-18-14-13(15(22)19-16)11(8-12(21)17-14)9-3-5-10(20)6-4-9/h3-6,11,20H,2,7-8H2,1H3,(H2,17,18,19,21,22)/t11-/m0/s1. The van der Waals surface area contributed by atoms with E-state index in [0.29, 0.717) is 16.5 Å². The molecule has 1 aromatic carbocycles. The Hall–Kier alpha value is -2.28. The van der Waals surface area contributed by atoms with Crippen LogP contribution in [-0.2, 0) is 4.79 Å². The number of phenols is 1. The summed E-state index contributed by atoms with van der Waals surface area (Å²) in [5, 5.41) is 12.6. The summed E-state index contributed by atoms with van der Waals surface area (Å²) in [7, 11) is 0. The molecule has 1 aliphatic heterocycles. The molecule has 7 heteroatoms. The smallest absolute Gasteiger partial charge is 0.257 e. The number of anilines is 1. The van der Waals surface area contributed by atoms with Crippen LogP contribution in [0.3, 0.4) is 0 Å². The number of carbonyl (C=O) groups is 1. The molecule has 120 valence electrons. The number of H-pyrrole nitrogens is 1. The van der Waals surface area contributed by atoms with Crippen LogP contribution in [0.2, 0.25) is 0 Å². The van der Waals surface area contributed by atoms with Crippen molar-refractivity contribution in [3.8, 4) is 5.75 Å². The summed E-state index contributed by atoms with van der Waals surface area (Å²) in [4.78, 5) is 31.7. The van der Waals surface area contributed by atoms with Crippen molar-refractivity contribution in [3.63, 3.8) is 0 Å². The zero-order valence-electron chi connectivity index (χ0n) is 12.6. The Morgan fingerprint density at radius 3 is 2.74 bits per heavy atom. The molecule has 0 spiro atoms. The number of hydrogen-bond acceptors (Lipinski definition) is 5. The molecule has 23 heavy (non-hydrogen) atoms. The minimum Gasteiger partial charge on any atom is -0.508 e. The van der Waals surface area contributed by atoms with E-state index >= 15 is 0 Å². The van der Waals surface area contributed by atoms with Gasteiger partial charge >= 0.3 is 0 Å². The average Bonchev–Trinajstić information content (AvgIpc) is 2.52. The number of rotatable bonds is 4. The molecule has 2 heterocycles. The minimum atomic E-state index is -0.360. The number of aromatic nitrogens is 2. The summed E-state index contributed by atoms with van der Waals surface area (Å²) >= 11 is 1.46. The molecule has 0 saturated carbocycles. The molecule has 0 unspecified atom stereocenters. The molecule has 1 amide bonds. The first kappa shape index (κ1) is 15.6. The third-order valence-electron chi connectivity index (χ3n) is 3.67. The largest absolute Gasteiger partial charge is 0.508 e. The fourth-order valence-corrected chi connectivity index (χ4v) is 3.33. The maximum absolute atomic E-state index is 12.5. The van der Waals surface area contributed by atoms with Crippen molar-refractivity contribution in [1.29, 1.82) is 0 Å². The third-order valence-corrected chi connectivity index (χ3v) is 4.75. The van der Waals surface area contributed by atoms with Crippen LogP contribution >= 0.6 is 11.8 Å². The summed E-state index contributed by atoms with van der Waals surface area (Å²) in [6.45, 7) is 2.05. The van der Waals surface area contributed by atoms with E-state index < -0.39 is 0 Å². The summed E-state index contributed by atoms with van der Waals surface area (Å²) in [6, 6.07) is 6.55. The second kappa shape index (κ2) is 6.45. The summed E-state index contributed by atoms with van der Waals surface area (Å²) in [5.41, 5.74) is 1.04. The summed E-state index contributed by atoms with van der Waals surface area (Å²) < 4.78 is 0. The topological polar surface area (TPSA) is 95.1 Å². The van der Waals surface area contributed by atoms with E-state index in [0.717, 1.165) is 17.7 Å². The summed E-state index contributed by atoms with van der Waals surface area (Å²) in [5.74, 6) is 0.798. The Morgan fingerprint density at radius 1 is 1.30 bits per heavy atom. The SMILES string of the molecule is CCCSc1nc2c(c(=O)[nH]1)[C@H](c1ccc(O)cc1)CC(=O)N2. The molecular formula is C16H17N3O3S. The fourth-order valence-electron chi connectivity index (χ4n) is 2.61. The van der Waals surface area contributed by atoms with Crippen molar-refractivity contribution in [2.75, 3.05) is 11.1 Å². The number of aromatic hydroxyl groups is 1. The first-order chi connectivity index (χ1) is 11.1. The van der Waals surface area contributed by atoms with Gasteiger partial charge in [-0.1, -0.05) is 30.8 Å². The van der Waals surface area contributed by atoms with Crippen LogP contribution in [0.25, 0.3) is 0 Å². The fraction of sp³-hybridized carbons (Fsp3) is 0.312. The molecule has 0 aliphatic carbocycles. The number of phenolic OH excluding ortho intramolecular Hbond substituents is 1. The van der Waals surface area contributed by atoms with Gasteiger partial charge in [0.25, 0.3) is 5.56 Å². The molecule has 0 bridgehead atoms. The molecular weight excluding hydrogens is 314 g/mol.